The number of rotatable bonds is 17. The Morgan fingerprint density at radius 2 is 0.333 bits per heavy atom. The molecule has 0 aliphatic heterocycles. The molecule has 9 heteroatoms. The van der Waals surface area contributed by atoms with Crippen molar-refractivity contribution in [1.29, 1.82) is 0 Å². The third-order valence-electron chi connectivity index (χ3n) is 26.9. The number of hydrogen-bond donors (Lipinski definition) is 1. The number of nitrogens with one attached hydrogen (secondary N) is 1. The third-order valence-corrected chi connectivity index (χ3v) is 28.1. The number of hydrogen-bond acceptors (Lipinski definition) is 6. The van der Waals surface area contributed by atoms with Gasteiger partial charge in [0.15, 0.2) is 0 Å². The van der Waals surface area contributed by atoms with E-state index >= 15 is 0 Å². The van der Waals surface area contributed by atoms with Gasteiger partial charge < -0.3 is 29.8 Å². The second kappa shape index (κ2) is 41.6. The van der Waals surface area contributed by atoms with Gasteiger partial charge in [0.05, 0.1) is 37.8 Å². The molecule has 0 radical (unpaired) electrons. The highest BCUT2D eigenvalue weighted by Crippen LogP contribution is 2.55. The summed E-state index contributed by atoms with van der Waals surface area (Å²) in [6.45, 7) is 81.3. The summed E-state index contributed by atoms with van der Waals surface area (Å²) >= 11 is 22.6. The Morgan fingerprint density at radius 3 is 0.553 bits per heavy atom. The molecule has 0 fully saturated rings. The summed E-state index contributed by atoms with van der Waals surface area (Å²) in [5.74, 6) is 0. The summed E-state index contributed by atoms with van der Waals surface area (Å²) < 4.78 is 0. The molecule has 0 unspecified atom stereocenters. The van der Waals surface area contributed by atoms with Gasteiger partial charge in [0, 0.05) is 73.9 Å². The Bertz CT molecular complexity index is 6320. The predicted octanol–water partition coefficient (Wildman–Crippen LogP) is 41.7. The molecule has 0 heterocycles. The molecule has 14 aromatic carbocycles. The Morgan fingerprint density at radius 1 is 0.149 bits per heavy atom. The van der Waals surface area contributed by atoms with Gasteiger partial charge in [-0.25, -0.2) is 0 Å². The van der Waals surface area contributed by atoms with E-state index in [4.69, 9.17) is 34.8 Å². The summed E-state index contributed by atoms with van der Waals surface area (Å²) in [5.41, 5.74) is 32.7. The minimum Gasteiger partial charge on any atom is -0.356 e. The van der Waals surface area contributed by atoms with Crippen molar-refractivity contribution in [2.75, 3.05) is 29.8 Å². The van der Waals surface area contributed by atoms with Gasteiger partial charge in [0.2, 0.25) is 0 Å². The predicted molar refractivity (Wildman–Crippen MR) is 622 cm³/mol. The molecular formula is C132H161Cl3N6. The Balaban J connectivity index is 0.000000216. The van der Waals surface area contributed by atoms with E-state index in [2.05, 4.69) is 588 Å². The lowest BCUT2D eigenvalue weighted by Gasteiger charge is -2.35. The second-order valence-corrected chi connectivity index (χ2v) is 52.2. The zero-order valence-electron chi connectivity index (χ0n) is 91.9. The molecule has 6 nitrogen and oxygen atoms in total. The van der Waals surface area contributed by atoms with E-state index in [1.54, 1.807) is 0 Å². The van der Waals surface area contributed by atoms with Gasteiger partial charge in [-0.05, 0) is 302 Å². The fourth-order valence-corrected chi connectivity index (χ4v) is 18.1. The molecule has 0 aliphatic carbocycles. The van der Waals surface area contributed by atoms with Crippen molar-refractivity contribution in [2.45, 2.75) is 314 Å². The van der Waals surface area contributed by atoms with Gasteiger partial charge in [-0.1, -0.05) is 430 Å². The number of nitrogens with zero attached hydrogens (tertiary/aromatic N) is 5. The van der Waals surface area contributed by atoms with Crippen LogP contribution in [0.5, 0.6) is 0 Å². The van der Waals surface area contributed by atoms with Crippen LogP contribution in [0.3, 0.4) is 0 Å². The van der Waals surface area contributed by atoms with Crippen molar-refractivity contribution in [3.8, 4) is 0 Å². The molecule has 14 aromatic rings. The molecule has 0 saturated carbocycles. The highest BCUT2D eigenvalue weighted by Gasteiger charge is 2.33. The molecule has 14 rings (SSSR count). The van der Waals surface area contributed by atoms with Crippen LogP contribution in [0.25, 0.3) is 0 Å². The van der Waals surface area contributed by atoms with Crippen LogP contribution in [-0.2, 0) is 65.0 Å². The van der Waals surface area contributed by atoms with E-state index in [0.29, 0.717) is 15.1 Å². The normalized spacial score (nSPS) is 12.6. The minimum atomic E-state index is -0.0854. The molecular weight excluding hydrogens is 1780 g/mol. The van der Waals surface area contributed by atoms with Gasteiger partial charge in [-0.15, -0.1) is 0 Å². The quantitative estimate of drug-likeness (QED) is 0.0977. The maximum Gasteiger partial charge on any atom is 0.0888 e. The molecule has 740 valence electrons. The zero-order chi connectivity index (χ0) is 104. The Hall–Kier alpha value is -11.3. The van der Waals surface area contributed by atoms with E-state index in [-0.39, 0.29) is 65.0 Å². The fourth-order valence-electron chi connectivity index (χ4n) is 17.5. The van der Waals surface area contributed by atoms with Crippen molar-refractivity contribution in [3.05, 3.63) is 397 Å². The van der Waals surface area contributed by atoms with Crippen molar-refractivity contribution in [2.24, 2.45) is 0 Å². The average Bonchev–Trinajstić information content (AvgIpc) is 0.740. The van der Waals surface area contributed by atoms with Crippen LogP contribution < -0.4 is 29.8 Å². The van der Waals surface area contributed by atoms with Gasteiger partial charge in [0.25, 0.3) is 0 Å². The molecule has 1 N–H and O–H groups in total. The average molecular weight is 1940 g/mol. The Labute approximate surface area is 866 Å². The van der Waals surface area contributed by atoms with Gasteiger partial charge in [-0.3, -0.25) is 0 Å². The van der Waals surface area contributed by atoms with Crippen LogP contribution in [0, 0.1) is 0 Å². The van der Waals surface area contributed by atoms with E-state index < -0.39 is 0 Å². The minimum absolute atomic E-state index is 0.00636. The van der Waals surface area contributed by atoms with Crippen LogP contribution in [0.4, 0.5) is 96.7 Å². The smallest absolute Gasteiger partial charge is 0.0888 e. The zero-order valence-corrected chi connectivity index (χ0v) is 94.2. The largest absolute Gasteiger partial charge is 0.356 e. The molecule has 0 spiro atoms. The standard InChI is InChI=1S/C66H80ClN3.C46H54Cl2N2.C20H27N/c1-61(2,3)45-25-33-51(34-26-45)68(52-35-27-46(28-36-52)62(4,5)6)57-43-58(69(53-37-29-47(30-38-53)63(7,8)9)55-23-19-21-49(41-55)65(13,14)15)60(67)59(44-57)70(54-39-31-48(32-40-54)64(10,11)12)56-24-20-22-50(42-56)66(16,17)18;1-43(2,3)31-16-22-35(23-17-31)49(36-24-18-32(19-25-36)44(4,5)6)39-29-40(47)42(48)41(30-39)50(37-26-20-33(21-27-37)45(7,8)9)38-15-13-14-34(28-38)46(10,11)12;1-19(2,3)15-10-12-17(13-11-15)21-18-9-7-8-16(14-18)20(4,5)6/h19-44H,1-18H3;13-30H,1-12H3;7-14,21H,1-6H3. The first-order valence-electron chi connectivity index (χ1n) is 50.6. The van der Waals surface area contributed by atoms with Crippen LogP contribution in [0.1, 0.15) is 316 Å². The molecule has 0 bridgehead atoms. The first kappa shape index (κ1) is 109. The third kappa shape index (κ3) is 27.0. The highest BCUT2D eigenvalue weighted by molar-refractivity contribution is 6.44. The van der Waals surface area contributed by atoms with Gasteiger partial charge in [0.1, 0.15) is 0 Å². The number of benzene rings is 14. The fraction of sp³-hybridized carbons (Fsp3) is 0.364. The van der Waals surface area contributed by atoms with Crippen LogP contribution in [0.2, 0.25) is 15.1 Å². The molecule has 0 saturated heterocycles. The molecule has 0 aliphatic rings. The van der Waals surface area contributed by atoms with E-state index in [1.807, 2.05) is 6.07 Å². The number of halogens is 3. The number of anilines is 17. The first-order valence-corrected chi connectivity index (χ1v) is 51.7. The second-order valence-electron chi connectivity index (χ2n) is 51.0. The van der Waals surface area contributed by atoms with Gasteiger partial charge in [-0.2, -0.15) is 0 Å². The summed E-state index contributed by atoms with van der Waals surface area (Å²) in [5, 5.41) is 5.12. The maximum atomic E-state index is 8.27. The molecule has 141 heavy (non-hydrogen) atoms. The van der Waals surface area contributed by atoms with Gasteiger partial charge >= 0.3 is 0 Å². The lowest BCUT2D eigenvalue weighted by molar-refractivity contribution is 0.589. The molecule has 0 aromatic heterocycles. The topological polar surface area (TPSA) is 28.2 Å². The van der Waals surface area contributed by atoms with Crippen LogP contribution in [-0.4, -0.2) is 0 Å². The molecule has 0 amide bonds. The summed E-state index contributed by atoms with van der Waals surface area (Å²) in [7, 11) is 0. The lowest BCUT2D eigenvalue weighted by Crippen LogP contribution is -2.19. The van der Waals surface area contributed by atoms with Crippen molar-refractivity contribution < 1.29 is 0 Å². The first-order chi connectivity index (χ1) is 65.2. The van der Waals surface area contributed by atoms with Crippen molar-refractivity contribution in [1.82, 2.24) is 0 Å². The summed E-state index contributed by atoms with van der Waals surface area (Å²) in [4.78, 5) is 11.7. The summed E-state index contributed by atoms with van der Waals surface area (Å²) in [6.07, 6.45) is 0. The summed E-state index contributed by atoms with van der Waals surface area (Å²) in [6, 6.07) is 116. The van der Waals surface area contributed by atoms with Crippen molar-refractivity contribution in [3.63, 3.8) is 0 Å². The monoisotopic (exact) mass is 1940 g/mol. The van der Waals surface area contributed by atoms with E-state index in [9.17, 15) is 0 Å². The highest BCUT2D eigenvalue weighted by atomic mass is 35.5. The SMILES string of the molecule is CC(C)(C)c1ccc(N(c2ccc(C(C)(C)C)cc2)c2cc(Cl)c(Cl)c(N(c3ccc(C(C)(C)C)cc3)c3cccc(C(C)(C)C)c3)c2)cc1.CC(C)(C)c1ccc(N(c2ccc(C(C)(C)C)cc2)c2cc(N(c3ccc(C(C)(C)C)cc3)c3cccc(C(C)(C)C)c3)c(Cl)c(N(c3ccc(C(C)(C)C)cc3)c3cccc(C(C)(C)C)c3)c2)cc1.CC(C)(C)c1ccc(Nc2cccc(C(C)(C)C)c2)cc1. The van der Waals surface area contributed by atoms with E-state index in [0.717, 1.165) is 96.7 Å². The maximum absolute atomic E-state index is 8.27. The Kier molecular flexibility index (Phi) is 32.0. The van der Waals surface area contributed by atoms with E-state index in [1.165, 1.54) is 66.8 Å². The molecule has 0 atom stereocenters. The van der Waals surface area contributed by atoms with Crippen molar-refractivity contribution >= 4 is 131 Å². The van der Waals surface area contributed by atoms with Crippen LogP contribution >= 0.6 is 34.8 Å². The van der Waals surface area contributed by atoms with Crippen LogP contribution in [0.15, 0.2) is 315 Å². The lowest BCUT2D eigenvalue weighted by atomic mass is 9.86.